The average Bonchev–Trinajstić information content (AvgIpc) is 2.71. The van der Waals surface area contributed by atoms with Gasteiger partial charge >= 0.3 is 0 Å². The van der Waals surface area contributed by atoms with E-state index in [1.807, 2.05) is 0 Å². The fraction of sp³-hybridized carbons (Fsp3) is 0.429. The number of carbonyl (C=O) groups excluding carboxylic acids is 2. The molecule has 0 aromatic heterocycles. The van der Waals surface area contributed by atoms with Gasteiger partial charge in [-0.1, -0.05) is 12.8 Å². The van der Waals surface area contributed by atoms with Gasteiger partial charge in [-0.05, 0) is 37.1 Å². The molecule has 0 unspecified atom stereocenters. The van der Waals surface area contributed by atoms with Gasteiger partial charge in [0.05, 0.1) is 22.4 Å². The second-order valence-corrected chi connectivity index (χ2v) is 7.11. The maximum absolute atomic E-state index is 12.4. The highest BCUT2D eigenvalue weighted by Gasteiger charge is 2.48. The van der Waals surface area contributed by atoms with Gasteiger partial charge in [0.2, 0.25) is 21.8 Å². The Morgan fingerprint density at radius 2 is 1.43 bits per heavy atom. The summed E-state index contributed by atoms with van der Waals surface area (Å²) in [5.74, 6) is -0.783. The number of benzene rings is 1. The van der Waals surface area contributed by atoms with Gasteiger partial charge in [0.1, 0.15) is 0 Å². The topological polar surface area (TPSA) is 97.5 Å². The third-order valence-electron chi connectivity index (χ3n) is 4.26. The SMILES string of the molecule is NS(=O)(=O)c1ccc(N2C(=O)[C@H]3CCCC[C@H]3C2=O)cc1. The Hall–Kier alpha value is -1.73. The van der Waals surface area contributed by atoms with E-state index in [9.17, 15) is 18.0 Å². The lowest BCUT2D eigenvalue weighted by Gasteiger charge is -2.19. The molecule has 1 saturated heterocycles. The number of nitrogens with two attached hydrogens (primary N) is 1. The van der Waals surface area contributed by atoms with Crippen LogP contribution in [-0.4, -0.2) is 20.2 Å². The maximum Gasteiger partial charge on any atom is 0.238 e. The number of hydrogen-bond acceptors (Lipinski definition) is 4. The van der Waals surface area contributed by atoms with E-state index in [0.29, 0.717) is 5.69 Å². The van der Waals surface area contributed by atoms with E-state index >= 15 is 0 Å². The van der Waals surface area contributed by atoms with Crippen molar-refractivity contribution in [3.8, 4) is 0 Å². The van der Waals surface area contributed by atoms with Gasteiger partial charge in [0, 0.05) is 0 Å². The van der Waals surface area contributed by atoms with Crippen molar-refractivity contribution < 1.29 is 18.0 Å². The third kappa shape index (κ3) is 2.36. The van der Waals surface area contributed by atoms with E-state index in [1.165, 1.54) is 29.2 Å². The molecule has 1 aliphatic heterocycles. The molecular weight excluding hydrogens is 292 g/mol. The lowest BCUT2D eigenvalue weighted by molar-refractivity contribution is -0.122. The summed E-state index contributed by atoms with van der Waals surface area (Å²) in [6.45, 7) is 0. The summed E-state index contributed by atoms with van der Waals surface area (Å²) in [7, 11) is -3.78. The molecular formula is C14H16N2O4S. The number of nitrogens with zero attached hydrogens (tertiary/aromatic N) is 1. The van der Waals surface area contributed by atoms with Crippen molar-refractivity contribution in [2.75, 3.05) is 4.90 Å². The van der Waals surface area contributed by atoms with Crippen LogP contribution in [0.4, 0.5) is 5.69 Å². The summed E-state index contributed by atoms with van der Waals surface area (Å²) in [5.41, 5.74) is 0.409. The van der Waals surface area contributed by atoms with Crippen LogP contribution in [0.3, 0.4) is 0 Å². The van der Waals surface area contributed by atoms with Crippen LogP contribution >= 0.6 is 0 Å². The summed E-state index contributed by atoms with van der Waals surface area (Å²) in [6.07, 6.45) is 3.44. The van der Waals surface area contributed by atoms with E-state index in [1.54, 1.807) is 0 Å². The summed E-state index contributed by atoms with van der Waals surface area (Å²) in [4.78, 5) is 25.9. The van der Waals surface area contributed by atoms with Gasteiger partial charge in [0.15, 0.2) is 0 Å². The molecule has 0 spiro atoms. The predicted molar refractivity (Wildman–Crippen MR) is 75.8 cm³/mol. The van der Waals surface area contributed by atoms with Crippen molar-refractivity contribution in [3.05, 3.63) is 24.3 Å². The van der Waals surface area contributed by atoms with E-state index in [0.717, 1.165) is 25.7 Å². The van der Waals surface area contributed by atoms with Crippen LogP contribution in [-0.2, 0) is 19.6 Å². The third-order valence-corrected chi connectivity index (χ3v) is 5.19. The number of hydrogen-bond donors (Lipinski definition) is 1. The number of sulfonamides is 1. The normalized spacial score (nSPS) is 26.0. The van der Waals surface area contributed by atoms with Gasteiger partial charge in [-0.15, -0.1) is 0 Å². The lowest BCUT2D eigenvalue weighted by atomic mass is 9.81. The fourth-order valence-corrected chi connectivity index (χ4v) is 3.72. The van der Waals surface area contributed by atoms with Crippen LogP contribution in [0.25, 0.3) is 0 Å². The van der Waals surface area contributed by atoms with Crippen molar-refractivity contribution in [3.63, 3.8) is 0 Å². The smallest absolute Gasteiger partial charge is 0.238 e. The first-order valence-electron chi connectivity index (χ1n) is 6.90. The highest BCUT2D eigenvalue weighted by molar-refractivity contribution is 7.89. The number of carbonyl (C=O) groups is 2. The Kier molecular flexibility index (Phi) is 3.33. The Balaban J connectivity index is 1.93. The fourth-order valence-electron chi connectivity index (χ4n) is 3.20. The number of fused-ring (bicyclic) bond motifs is 1. The zero-order valence-electron chi connectivity index (χ0n) is 11.4. The molecule has 1 saturated carbocycles. The number of primary sulfonamides is 1. The van der Waals surface area contributed by atoms with Crippen LogP contribution < -0.4 is 10.0 Å². The highest BCUT2D eigenvalue weighted by Crippen LogP contribution is 2.40. The molecule has 112 valence electrons. The quantitative estimate of drug-likeness (QED) is 0.824. The van der Waals surface area contributed by atoms with Crippen molar-refractivity contribution in [1.82, 2.24) is 0 Å². The minimum atomic E-state index is -3.78. The van der Waals surface area contributed by atoms with Gasteiger partial charge in [-0.25, -0.2) is 13.6 Å². The highest BCUT2D eigenvalue weighted by atomic mass is 32.2. The number of amides is 2. The van der Waals surface area contributed by atoms with Crippen molar-refractivity contribution in [2.45, 2.75) is 30.6 Å². The zero-order chi connectivity index (χ0) is 15.2. The molecule has 2 atom stereocenters. The lowest BCUT2D eigenvalue weighted by Crippen LogP contribution is -2.30. The Bertz CT molecular complexity index is 672. The number of rotatable bonds is 2. The minimum absolute atomic E-state index is 0.0391. The van der Waals surface area contributed by atoms with Crippen molar-refractivity contribution >= 4 is 27.5 Å². The number of imide groups is 1. The summed E-state index contributed by atoms with van der Waals surface area (Å²) in [6, 6.07) is 5.53. The maximum atomic E-state index is 12.4. The first-order valence-corrected chi connectivity index (χ1v) is 8.45. The Morgan fingerprint density at radius 1 is 0.952 bits per heavy atom. The molecule has 1 aromatic carbocycles. The molecule has 2 aliphatic rings. The molecule has 0 bridgehead atoms. The molecule has 2 fully saturated rings. The summed E-state index contributed by atoms with van der Waals surface area (Å²) in [5, 5.41) is 5.04. The zero-order valence-corrected chi connectivity index (χ0v) is 12.2. The monoisotopic (exact) mass is 308 g/mol. The van der Waals surface area contributed by atoms with E-state index in [4.69, 9.17) is 5.14 Å². The van der Waals surface area contributed by atoms with Crippen LogP contribution in [0.5, 0.6) is 0 Å². The first kappa shape index (κ1) is 14.2. The van der Waals surface area contributed by atoms with Gasteiger partial charge in [-0.2, -0.15) is 0 Å². The molecule has 1 heterocycles. The molecule has 6 nitrogen and oxygen atoms in total. The summed E-state index contributed by atoms with van der Waals surface area (Å²) < 4.78 is 22.5. The van der Waals surface area contributed by atoms with Crippen LogP contribution in [0, 0.1) is 11.8 Å². The molecule has 1 aromatic rings. The van der Waals surface area contributed by atoms with Crippen molar-refractivity contribution in [1.29, 1.82) is 0 Å². The molecule has 1 aliphatic carbocycles. The molecule has 7 heteroatoms. The molecule has 21 heavy (non-hydrogen) atoms. The van der Waals surface area contributed by atoms with E-state index in [2.05, 4.69) is 0 Å². The standard InChI is InChI=1S/C14H16N2O4S/c15-21(19,20)10-7-5-9(6-8-10)16-13(17)11-3-1-2-4-12(11)14(16)18/h5-8,11-12H,1-4H2,(H2,15,19,20)/t11-,12+. The number of anilines is 1. The van der Waals surface area contributed by atoms with Gasteiger partial charge in [-0.3, -0.25) is 14.5 Å². The molecule has 2 amide bonds. The van der Waals surface area contributed by atoms with Crippen LogP contribution in [0.15, 0.2) is 29.2 Å². The second-order valence-electron chi connectivity index (χ2n) is 5.55. The Labute approximate surface area is 123 Å². The molecule has 3 rings (SSSR count). The van der Waals surface area contributed by atoms with Crippen LogP contribution in [0.1, 0.15) is 25.7 Å². The average molecular weight is 308 g/mol. The molecule has 2 N–H and O–H groups in total. The Morgan fingerprint density at radius 3 is 1.86 bits per heavy atom. The van der Waals surface area contributed by atoms with Crippen LogP contribution in [0.2, 0.25) is 0 Å². The van der Waals surface area contributed by atoms with Gasteiger partial charge in [0.25, 0.3) is 0 Å². The van der Waals surface area contributed by atoms with Gasteiger partial charge < -0.3 is 0 Å². The second kappa shape index (κ2) is 4.92. The van der Waals surface area contributed by atoms with E-state index < -0.39 is 10.0 Å². The summed E-state index contributed by atoms with van der Waals surface area (Å²) >= 11 is 0. The minimum Gasteiger partial charge on any atom is -0.274 e. The van der Waals surface area contributed by atoms with Crippen molar-refractivity contribution in [2.24, 2.45) is 17.0 Å². The first-order chi connectivity index (χ1) is 9.89. The largest absolute Gasteiger partial charge is 0.274 e. The van der Waals surface area contributed by atoms with E-state index in [-0.39, 0.29) is 28.5 Å². The predicted octanol–water partition coefficient (Wildman–Crippen LogP) is 1.01. The molecule has 0 radical (unpaired) electrons.